The van der Waals surface area contributed by atoms with Crippen LogP contribution in [0.5, 0.6) is 0 Å². The van der Waals surface area contributed by atoms with E-state index in [1.54, 1.807) is 0 Å². The van der Waals surface area contributed by atoms with Gasteiger partial charge in [0.15, 0.2) is 0 Å². The summed E-state index contributed by atoms with van der Waals surface area (Å²) in [5.41, 5.74) is 6.82. The molecule has 1 nitrogen and oxygen atoms in total. The Bertz CT molecular complexity index is 1090. The predicted octanol–water partition coefficient (Wildman–Crippen LogP) is 11.5. The number of hydrogen-bond acceptors (Lipinski definition) is 1. The summed E-state index contributed by atoms with van der Waals surface area (Å²) < 4.78 is 0. The van der Waals surface area contributed by atoms with Crippen LogP contribution in [0.25, 0.3) is 0 Å². The topological polar surface area (TPSA) is 20.2 Å². The molecule has 41 heavy (non-hydrogen) atoms. The zero-order valence-corrected chi connectivity index (χ0v) is 28.4. The molecule has 228 valence electrons. The molecule has 0 aromatic carbocycles. The normalized spacial score (nSPS) is 26.4. The number of aliphatic hydroxyl groups excluding tert-OH is 1. The molecule has 1 unspecified atom stereocenters. The fourth-order valence-corrected chi connectivity index (χ4v) is 7.14. The van der Waals surface area contributed by atoms with Crippen molar-refractivity contribution in [3.63, 3.8) is 0 Å². The van der Waals surface area contributed by atoms with Crippen molar-refractivity contribution in [2.45, 2.75) is 140 Å². The van der Waals surface area contributed by atoms with Crippen LogP contribution in [0.4, 0.5) is 0 Å². The summed E-state index contributed by atoms with van der Waals surface area (Å²) in [5, 5.41) is 10.1. The highest BCUT2D eigenvalue weighted by Gasteiger charge is 2.36. The van der Waals surface area contributed by atoms with Gasteiger partial charge in [0.2, 0.25) is 0 Å². The van der Waals surface area contributed by atoms with E-state index >= 15 is 0 Å². The van der Waals surface area contributed by atoms with E-state index in [0.717, 1.165) is 36.7 Å². The van der Waals surface area contributed by atoms with Crippen molar-refractivity contribution in [1.82, 2.24) is 0 Å². The highest BCUT2D eigenvalue weighted by atomic mass is 16.3. The average Bonchev–Trinajstić information content (AvgIpc) is 2.84. The third-order valence-corrected chi connectivity index (χ3v) is 9.65. The molecule has 0 radical (unpaired) electrons. The van der Waals surface area contributed by atoms with E-state index < -0.39 is 0 Å². The summed E-state index contributed by atoms with van der Waals surface area (Å²) in [6.07, 6.45) is 27.4. The second-order valence-electron chi connectivity index (χ2n) is 14.8. The van der Waals surface area contributed by atoms with Crippen molar-refractivity contribution in [3.8, 4) is 11.8 Å². The first-order valence-corrected chi connectivity index (χ1v) is 16.5. The van der Waals surface area contributed by atoms with Crippen LogP contribution in [0.3, 0.4) is 0 Å². The largest absolute Gasteiger partial charge is 0.393 e. The van der Waals surface area contributed by atoms with Gasteiger partial charge in [-0.05, 0) is 108 Å². The predicted molar refractivity (Wildman–Crippen MR) is 182 cm³/mol. The molecule has 0 amide bonds. The number of aliphatic hydroxyl groups is 1. The first-order chi connectivity index (χ1) is 19.2. The minimum Gasteiger partial charge on any atom is -0.393 e. The molecule has 1 N–H and O–H groups in total. The van der Waals surface area contributed by atoms with Gasteiger partial charge in [0.25, 0.3) is 0 Å². The molecule has 0 spiro atoms. The van der Waals surface area contributed by atoms with Crippen LogP contribution in [-0.4, -0.2) is 11.2 Å². The van der Waals surface area contributed by atoms with Crippen molar-refractivity contribution in [2.75, 3.05) is 0 Å². The second-order valence-corrected chi connectivity index (χ2v) is 14.8. The van der Waals surface area contributed by atoms with Crippen LogP contribution in [0.15, 0.2) is 70.4 Å². The number of rotatable bonds is 11. The maximum atomic E-state index is 10.1. The molecule has 4 atom stereocenters. The molecule has 1 heteroatoms. The molecule has 0 aliphatic heterocycles. The Morgan fingerprint density at radius 3 is 2.51 bits per heavy atom. The Morgan fingerprint density at radius 2 is 1.83 bits per heavy atom. The Morgan fingerprint density at radius 1 is 1.10 bits per heavy atom. The summed E-state index contributed by atoms with van der Waals surface area (Å²) in [4.78, 5) is 0. The molecule has 0 heterocycles. The van der Waals surface area contributed by atoms with Crippen LogP contribution in [0.1, 0.15) is 133 Å². The highest BCUT2D eigenvalue weighted by Crippen LogP contribution is 2.46. The first-order valence-electron chi connectivity index (χ1n) is 16.5. The smallest absolute Gasteiger partial charge is 0.0586 e. The summed E-state index contributed by atoms with van der Waals surface area (Å²) in [7, 11) is 0. The lowest BCUT2D eigenvalue weighted by molar-refractivity contribution is 0.0767. The summed E-state index contributed by atoms with van der Waals surface area (Å²) in [6.45, 7) is 22.8. The van der Waals surface area contributed by atoms with E-state index in [-0.39, 0.29) is 11.5 Å². The van der Waals surface area contributed by atoms with Crippen molar-refractivity contribution >= 4 is 0 Å². The molecule has 1 saturated carbocycles. The van der Waals surface area contributed by atoms with E-state index in [2.05, 4.69) is 124 Å². The van der Waals surface area contributed by atoms with Gasteiger partial charge in [-0.15, -0.1) is 0 Å². The lowest BCUT2D eigenvalue weighted by atomic mass is 9.62. The molecule has 0 aromatic rings. The van der Waals surface area contributed by atoms with Gasteiger partial charge in [-0.2, -0.15) is 0 Å². The highest BCUT2D eigenvalue weighted by molar-refractivity contribution is 5.44. The monoisotopic (exact) mass is 558 g/mol. The number of unbranched alkanes of at least 4 members (excludes halogenated alkanes) is 1. The molecular formula is C40H62O. The van der Waals surface area contributed by atoms with Crippen molar-refractivity contribution in [1.29, 1.82) is 0 Å². The van der Waals surface area contributed by atoms with Crippen molar-refractivity contribution in [3.05, 3.63) is 70.4 Å². The van der Waals surface area contributed by atoms with Gasteiger partial charge in [-0.1, -0.05) is 125 Å². The van der Waals surface area contributed by atoms with Crippen LogP contribution < -0.4 is 0 Å². The summed E-state index contributed by atoms with van der Waals surface area (Å²) in [6, 6.07) is 0. The Balaban J connectivity index is 1.74. The van der Waals surface area contributed by atoms with Gasteiger partial charge in [0, 0.05) is 11.0 Å². The van der Waals surface area contributed by atoms with Gasteiger partial charge in [-0.3, -0.25) is 0 Å². The second kappa shape index (κ2) is 16.6. The number of hydrogen-bond donors (Lipinski definition) is 1. The minimum absolute atomic E-state index is 0.0532. The van der Waals surface area contributed by atoms with Crippen LogP contribution >= 0.6 is 0 Å². The Hall–Kier alpha value is -2.04. The van der Waals surface area contributed by atoms with Crippen LogP contribution in [-0.2, 0) is 0 Å². The molecule has 0 aromatic heterocycles. The molecular weight excluding hydrogens is 496 g/mol. The van der Waals surface area contributed by atoms with Gasteiger partial charge in [0.1, 0.15) is 0 Å². The minimum atomic E-state index is -0.239. The van der Waals surface area contributed by atoms with E-state index in [1.807, 2.05) is 0 Å². The SMILES string of the molecule is CC1=C(C#C/C(C)=C/C=C/C(C)CCC/C=C(C)/C=C/C=C(\C)CC[C@@H]2[C@@H](C)CCCC2(C)C)C(C)(C)C[C@H](O)C1. The quantitative estimate of drug-likeness (QED) is 0.152. The molecule has 2 aliphatic rings. The van der Waals surface area contributed by atoms with Gasteiger partial charge >= 0.3 is 0 Å². The zero-order chi connectivity index (χ0) is 30.6. The standard InChI is InChI=1S/C40H62O/c1-30(18-13-20-32(3)23-25-37-34(5)22-15-27-39(37,7)8)16-11-12-17-31(2)19-14-21-33(4)24-26-38-35(6)28-36(41)29-40(38,9)10/h13-14,16,18-21,31,34,36-37,41H,11-12,15,17,22-23,25,27-29H2,1-10H3/b18-13+,19-14+,30-16+,32-20+,33-21+/t31?,34-,36+,37+/m0/s1. The van der Waals surface area contributed by atoms with Gasteiger partial charge < -0.3 is 5.11 Å². The molecule has 2 aliphatic carbocycles. The lowest BCUT2D eigenvalue weighted by Crippen LogP contribution is -2.33. The Labute approximate surface area is 255 Å². The maximum absolute atomic E-state index is 10.1. The van der Waals surface area contributed by atoms with Crippen molar-refractivity contribution in [2.24, 2.45) is 28.6 Å². The fraction of sp³-hybridized carbons (Fsp3) is 0.650. The number of allylic oxidation sites excluding steroid dienone is 11. The average molecular weight is 559 g/mol. The first kappa shape index (κ1) is 35.2. The third-order valence-electron chi connectivity index (χ3n) is 9.65. The van der Waals surface area contributed by atoms with Crippen molar-refractivity contribution < 1.29 is 5.11 Å². The lowest BCUT2D eigenvalue weighted by Gasteiger charge is -2.43. The summed E-state index contributed by atoms with van der Waals surface area (Å²) in [5.74, 6) is 9.04. The van der Waals surface area contributed by atoms with E-state index in [4.69, 9.17) is 0 Å². The van der Waals surface area contributed by atoms with E-state index in [1.165, 1.54) is 67.2 Å². The zero-order valence-electron chi connectivity index (χ0n) is 28.4. The summed E-state index contributed by atoms with van der Waals surface area (Å²) >= 11 is 0. The van der Waals surface area contributed by atoms with Gasteiger partial charge in [0.05, 0.1) is 6.10 Å². The van der Waals surface area contributed by atoms with Gasteiger partial charge in [-0.25, -0.2) is 0 Å². The third kappa shape index (κ3) is 12.4. The van der Waals surface area contributed by atoms with Crippen LogP contribution in [0.2, 0.25) is 0 Å². The molecule has 1 fully saturated rings. The molecule has 2 rings (SSSR count). The maximum Gasteiger partial charge on any atom is 0.0586 e. The fourth-order valence-electron chi connectivity index (χ4n) is 7.14. The van der Waals surface area contributed by atoms with E-state index in [0.29, 0.717) is 11.3 Å². The van der Waals surface area contributed by atoms with E-state index in [9.17, 15) is 5.11 Å². The van der Waals surface area contributed by atoms with Crippen LogP contribution in [0, 0.1) is 40.4 Å². The Kier molecular flexibility index (Phi) is 14.2. The molecule has 0 bridgehead atoms. The molecule has 0 saturated heterocycles.